The van der Waals surface area contributed by atoms with Crippen LogP contribution in [0.2, 0.25) is 0 Å². The predicted octanol–water partition coefficient (Wildman–Crippen LogP) is -17.7. The van der Waals surface area contributed by atoms with Crippen molar-refractivity contribution in [2.45, 2.75) is 18.3 Å². The summed E-state index contributed by atoms with van der Waals surface area (Å²) in [5.41, 5.74) is 0. The maximum atomic E-state index is 11.1. The number of rotatable bonds is 9. The number of Topliss-reactive ketones (excluding diaryl/α,β-unsaturated/α-hetero) is 1. The van der Waals surface area contributed by atoms with Gasteiger partial charge in [-0.05, 0) is 0 Å². The van der Waals surface area contributed by atoms with Crippen molar-refractivity contribution in [1.29, 1.82) is 0 Å². The van der Waals surface area contributed by atoms with E-state index < -0.39 is 53.0 Å². The Labute approximate surface area is 225 Å². The van der Waals surface area contributed by atoms with Crippen LogP contribution < -0.4 is 138 Å². The molecule has 18 heteroatoms. The van der Waals surface area contributed by atoms with Gasteiger partial charge < -0.3 is 53.1 Å². The molecule has 0 aliphatic rings. The Bertz CT molecular complexity index is 426. The van der Waals surface area contributed by atoms with E-state index >= 15 is 0 Å². The Morgan fingerprint density at radius 3 is 1.67 bits per heavy atom. The van der Waals surface area contributed by atoms with E-state index in [2.05, 4.69) is 9.05 Å². The fourth-order valence-electron chi connectivity index (χ4n) is 0.991. The van der Waals surface area contributed by atoms with Gasteiger partial charge in [0.1, 0.15) is 24.9 Å². The van der Waals surface area contributed by atoms with E-state index in [-0.39, 0.29) is 118 Å². The fraction of sp³-hybridized carbons (Fsp3) is 0.833. The van der Waals surface area contributed by atoms with Gasteiger partial charge in [-0.15, -0.1) is 0 Å². The van der Waals surface area contributed by atoms with Crippen LogP contribution in [0.25, 0.3) is 0 Å². The Hall–Kier alpha value is 3.77. The monoisotopic (exact) mass is 428 g/mol. The quantitative estimate of drug-likeness (QED) is 0.230. The summed E-state index contributed by atoms with van der Waals surface area (Å²) in [6.45, 7) is -2.67. The normalized spacial score (nSPS) is 14.6. The Morgan fingerprint density at radius 2 is 1.38 bits per heavy atom. The van der Waals surface area contributed by atoms with E-state index in [9.17, 15) is 43.7 Å². The number of carbonyl (C=O) groups excluding carboxylic acids is 1. The predicted molar refractivity (Wildman–Crippen MR) is 50.1 cm³/mol. The Balaban J connectivity index is -0.000000301. The van der Waals surface area contributed by atoms with Crippen LogP contribution in [0.4, 0.5) is 0 Å². The number of phosphoric acid groups is 2. The van der Waals surface area contributed by atoms with Gasteiger partial charge >= 0.3 is 118 Å². The molecule has 0 aromatic heterocycles. The van der Waals surface area contributed by atoms with Gasteiger partial charge in [0.05, 0.1) is 22.3 Å². The van der Waals surface area contributed by atoms with E-state index in [0.717, 1.165) is 0 Å². The molecular formula is C6H10Na4O12P2. The van der Waals surface area contributed by atoms with Crippen LogP contribution >= 0.6 is 15.6 Å². The van der Waals surface area contributed by atoms with E-state index in [1.54, 1.807) is 0 Å². The molecule has 0 fully saturated rings. The average molecular weight is 428 g/mol. The van der Waals surface area contributed by atoms with Gasteiger partial charge in [-0.3, -0.25) is 4.79 Å². The summed E-state index contributed by atoms with van der Waals surface area (Å²) < 4.78 is 27.5. The summed E-state index contributed by atoms with van der Waals surface area (Å²) in [6.07, 6.45) is -6.98. The number of aliphatic hydroxyl groups is 3. The molecule has 24 heavy (non-hydrogen) atoms. The van der Waals surface area contributed by atoms with E-state index in [4.69, 9.17) is 5.11 Å². The molecule has 3 N–H and O–H groups in total. The first-order valence-corrected chi connectivity index (χ1v) is 7.66. The van der Waals surface area contributed by atoms with Crippen LogP contribution in [0.15, 0.2) is 0 Å². The summed E-state index contributed by atoms with van der Waals surface area (Å²) >= 11 is 0. The standard InChI is InChI=1S/C6H14O12P2.4Na/c7-1-4(18-20(14,15)16)6(10)5(9)3(8)2-17-19(11,12)13;;;;/h4-7,9-10H,1-2H2,(H2,11,12,13)(H2,14,15,16);;;;/q;4*+1/p-4/t4-,5-,6-;;;;/m1..../s1. The zero-order chi connectivity index (χ0) is 16.1. The minimum absolute atomic E-state index is 0. The van der Waals surface area contributed by atoms with Crippen LogP contribution in [0.5, 0.6) is 0 Å². The molecule has 0 aromatic carbocycles. The summed E-state index contributed by atoms with van der Waals surface area (Å²) in [6, 6.07) is 0. The Morgan fingerprint density at radius 1 is 0.958 bits per heavy atom. The molecule has 0 spiro atoms. The van der Waals surface area contributed by atoms with Crippen molar-refractivity contribution in [2.75, 3.05) is 13.2 Å². The van der Waals surface area contributed by atoms with Crippen molar-refractivity contribution in [3.05, 3.63) is 0 Å². The zero-order valence-electron chi connectivity index (χ0n) is 13.6. The fourth-order valence-corrected chi connectivity index (χ4v) is 1.80. The third-order valence-corrected chi connectivity index (χ3v) is 2.82. The van der Waals surface area contributed by atoms with E-state index in [1.807, 2.05) is 0 Å². The minimum atomic E-state index is -5.62. The topological polar surface area (TPSA) is 223 Å². The summed E-state index contributed by atoms with van der Waals surface area (Å²) in [5.74, 6) is -1.52. The zero-order valence-corrected chi connectivity index (χ0v) is 23.3. The SMILES string of the molecule is O=C(COP(=O)([O-])[O-])[C@@H](O)[C@H](O)[C@@H](CO)OP(=O)([O-])[O-].[Na+].[Na+].[Na+].[Na+]. The Kier molecular flexibility index (Phi) is 28.2. The molecule has 0 aromatic rings. The summed E-state index contributed by atoms with van der Waals surface area (Å²) in [4.78, 5) is 51.8. The van der Waals surface area contributed by atoms with Gasteiger partial charge in [-0.25, -0.2) is 0 Å². The number of ketones is 1. The average Bonchev–Trinajstić information content (AvgIpc) is 2.29. The van der Waals surface area contributed by atoms with Crippen LogP contribution in [0.1, 0.15) is 0 Å². The number of phosphoric ester groups is 2. The van der Waals surface area contributed by atoms with Gasteiger partial charge in [0.2, 0.25) is 0 Å². The van der Waals surface area contributed by atoms with Gasteiger partial charge in [0.15, 0.2) is 5.78 Å². The van der Waals surface area contributed by atoms with Crippen LogP contribution in [-0.4, -0.2) is 52.6 Å². The largest absolute Gasteiger partial charge is 1.00 e. The molecule has 0 saturated heterocycles. The molecule has 0 amide bonds. The summed E-state index contributed by atoms with van der Waals surface area (Å²) in [5, 5.41) is 27.2. The van der Waals surface area contributed by atoms with Crippen molar-refractivity contribution < 1.29 is 176 Å². The van der Waals surface area contributed by atoms with Gasteiger partial charge in [0.25, 0.3) is 0 Å². The number of aliphatic hydroxyl groups excluding tert-OH is 3. The van der Waals surface area contributed by atoms with Crippen molar-refractivity contribution >= 4 is 21.4 Å². The molecule has 3 atom stereocenters. The first-order valence-electron chi connectivity index (χ1n) is 4.74. The van der Waals surface area contributed by atoms with Crippen molar-refractivity contribution in [3.63, 3.8) is 0 Å². The third kappa shape index (κ3) is 19.1. The molecular weight excluding hydrogens is 418 g/mol. The third-order valence-electron chi connectivity index (χ3n) is 1.84. The van der Waals surface area contributed by atoms with Gasteiger partial charge in [-0.2, -0.15) is 0 Å². The molecule has 0 heterocycles. The van der Waals surface area contributed by atoms with Gasteiger partial charge in [-0.1, -0.05) is 0 Å². The van der Waals surface area contributed by atoms with Crippen LogP contribution in [-0.2, 0) is 23.0 Å². The van der Waals surface area contributed by atoms with Crippen molar-refractivity contribution in [2.24, 2.45) is 0 Å². The number of hydrogen-bond acceptors (Lipinski definition) is 12. The molecule has 120 valence electrons. The first kappa shape index (κ1) is 38.4. The van der Waals surface area contributed by atoms with E-state index in [1.165, 1.54) is 0 Å². The van der Waals surface area contributed by atoms with Crippen molar-refractivity contribution in [3.8, 4) is 0 Å². The number of hydrogen-bond donors (Lipinski definition) is 3. The summed E-state index contributed by atoms with van der Waals surface area (Å²) in [7, 11) is -11.1. The number of carbonyl (C=O) groups is 1. The molecule has 0 unspecified atom stereocenters. The first-order chi connectivity index (χ1) is 8.87. The molecule has 0 aliphatic carbocycles. The molecule has 12 nitrogen and oxygen atoms in total. The smallest absolute Gasteiger partial charge is 0.790 e. The second-order valence-corrected chi connectivity index (χ2v) is 5.65. The maximum absolute atomic E-state index is 11.1. The molecule has 0 rings (SSSR count). The molecule has 0 radical (unpaired) electrons. The van der Waals surface area contributed by atoms with E-state index in [0.29, 0.717) is 0 Å². The molecule has 0 saturated carbocycles. The van der Waals surface area contributed by atoms with Crippen LogP contribution in [0.3, 0.4) is 0 Å². The molecule has 0 aliphatic heterocycles. The molecule has 0 bridgehead atoms. The van der Waals surface area contributed by atoms with Crippen molar-refractivity contribution in [1.82, 2.24) is 0 Å². The maximum Gasteiger partial charge on any atom is 1.00 e. The van der Waals surface area contributed by atoms with Gasteiger partial charge in [0, 0.05) is 0 Å². The minimum Gasteiger partial charge on any atom is -0.790 e. The second-order valence-electron chi connectivity index (χ2n) is 3.40. The second kappa shape index (κ2) is 17.6. The van der Waals surface area contributed by atoms with Crippen LogP contribution in [0, 0.1) is 0 Å².